The van der Waals surface area contributed by atoms with E-state index in [4.69, 9.17) is 0 Å². The summed E-state index contributed by atoms with van der Waals surface area (Å²) in [6, 6.07) is 4.57. The van der Waals surface area contributed by atoms with Gasteiger partial charge in [0.2, 0.25) is 0 Å². The van der Waals surface area contributed by atoms with Crippen LogP contribution in [-0.4, -0.2) is 14.9 Å². The minimum Gasteiger partial charge on any atom is -0.390 e. The number of hydrogen-bond donors (Lipinski definition) is 1. The van der Waals surface area contributed by atoms with E-state index < -0.39 is 0 Å². The Labute approximate surface area is 87.1 Å². The Morgan fingerprint density at radius 1 is 1.47 bits per heavy atom. The average molecular weight is 208 g/mol. The van der Waals surface area contributed by atoms with Gasteiger partial charge in [-0.25, -0.2) is 4.39 Å². The maximum atomic E-state index is 13.0. The van der Waals surface area contributed by atoms with Crippen molar-refractivity contribution >= 4 is 10.9 Å². The van der Waals surface area contributed by atoms with Crippen LogP contribution in [0.2, 0.25) is 0 Å². The molecule has 0 amide bonds. The molecule has 2 rings (SSSR count). The van der Waals surface area contributed by atoms with Gasteiger partial charge in [0.05, 0.1) is 17.8 Å². The number of rotatable bonds is 2. The average Bonchev–Trinajstić information content (AvgIpc) is 2.55. The summed E-state index contributed by atoms with van der Waals surface area (Å²) in [5.41, 5.74) is 1.38. The first-order valence-corrected chi connectivity index (χ1v) is 4.91. The van der Waals surface area contributed by atoms with Crippen molar-refractivity contribution in [3.05, 3.63) is 29.7 Å². The van der Waals surface area contributed by atoms with Gasteiger partial charge in [-0.15, -0.1) is 0 Å². The number of aliphatic hydroxyl groups is 1. The zero-order valence-electron chi connectivity index (χ0n) is 8.74. The van der Waals surface area contributed by atoms with Crippen LogP contribution in [0, 0.1) is 5.82 Å². The molecule has 0 saturated carbocycles. The highest BCUT2D eigenvalue weighted by molar-refractivity contribution is 5.81. The lowest BCUT2D eigenvalue weighted by atomic mass is 10.2. The number of halogens is 1. The Morgan fingerprint density at radius 2 is 2.20 bits per heavy atom. The number of nitrogens with zero attached hydrogens (tertiary/aromatic N) is 2. The van der Waals surface area contributed by atoms with Gasteiger partial charge in [0.15, 0.2) is 0 Å². The van der Waals surface area contributed by atoms with Crippen molar-refractivity contribution in [2.45, 2.75) is 26.5 Å². The molecule has 3 nitrogen and oxygen atoms in total. The summed E-state index contributed by atoms with van der Waals surface area (Å²) >= 11 is 0. The molecule has 1 aromatic heterocycles. The normalized spacial score (nSPS) is 11.5. The van der Waals surface area contributed by atoms with Crippen LogP contribution in [0.4, 0.5) is 4.39 Å². The molecular formula is C11H13FN2O. The van der Waals surface area contributed by atoms with E-state index in [0.29, 0.717) is 16.6 Å². The summed E-state index contributed by atoms with van der Waals surface area (Å²) in [6.45, 7) is 3.82. The van der Waals surface area contributed by atoms with Gasteiger partial charge in [-0.2, -0.15) is 5.10 Å². The highest BCUT2D eigenvalue weighted by atomic mass is 19.1. The van der Waals surface area contributed by atoms with Gasteiger partial charge in [0.1, 0.15) is 5.82 Å². The van der Waals surface area contributed by atoms with Crippen LogP contribution in [0.1, 0.15) is 25.6 Å². The quantitative estimate of drug-likeness (QED) is 0.822. The number of aliphatic hydroxyl groups excluding tert-OH is 1. The number of benzene rings is 1. The molecule has 0 aliphatic rings. The fraction of sp³-hybridized carbons (Fsp3) is 0.364. The molecule has 0 bridgehead atoms. The number of aromatic nitrogens is 2. The van der Waals surface area contributed by atoms with Crippen molar-refractivity contribution < 1.29 is 9.50 Å². The maximum absolute atomic E-state index is 13.0. The molecule has 0 atom stereocenters. The Bertz CT molecular complexity index is 491. The number of fused-ring (bicyclic) bond motifs is 1. The molecule has 0 aliphatic heterocycles. The Morgan fingerprint density at radius 3 is 2.80 bits per heavy atom. The third-order valence-electron chi connectivity index (χ3n) is 2.40. The SMILES string of the molecule is CC(C)n1nc2ccc(F)cc2c1CO. The number of hydrogen-bond acceptors (Lipinski definition) is 2. The second-order valence-corrected chi connectivity index (χ2v) is 3.80. The molecule has 2 aromatic rings. The first-order valence-electron chi connectivity index (χ1n) is 4.91. The van der Waals surface area contributed by atoms with Crippen LogP contribution in [0.5, 0.6) is 0 Å². The van der Waals surface area contributed by atoms with Gasteiger partial charge >= 0.3 is 0 Å². The van der Waals surface area contributed by atoms with Gasteiger partial charge in [0.25, 0.3) is 0 Å². The molecule has 0 radical (unpaired) electrons. The molecule has 0 saturated heterocycles. The van der Waals surface area contributed by atoms with Crippen molar-refractivity contribution in [2.24, 2.45) is 0 Å². The maximum Gasteiger partial charge on any atom is 0.124 e. The van der Waals surface area contributed by atoms with Crippen LogP contribution in [-0.2, 0) is 6.61 Å². The second kappa shape index (κ2) is 3.62. The largest absolute Gasteiger partial charge is 0.390 e. The van der Waals surface area contributed by atoms with Crippen LogP contribution in [0.25, 0.3) is 10.9 Å². The van der Waals surface area contributed by atoms with Gasteiger partial charge in [-0.05, 0) is 32.0 Å². The topological polar surface area (TPSA) is 38.0 Å². The second-order valence-electron chi connectivity index (χ2n) is 3.80. The van der Waals surface area contributed by atoms with Gasteiger partial charge in [-0.1, -0.05) is 0 Å². The molecule has 0 unspecified atom stereocenters. The Balaban J connectivity index is 2.74. The molecule has 4 heteroatoms. The van der Waals surface area contributed by atoms with Gasteiger partial charge < -0.3 is 5.11 Å². The highest BCUT2D eigenvalue weighted by Gasteiger charge is 2.12. The van der Waals surface area contributed by atoms with E-state index in [1.165, 1.54) is 12.1 Å². The van der Waals surface area contributed by atoms with E-state index >= 15 is 0 Å². The lowest BCUT2D eigenvalue weighted by Crippen LogP contribution is -2.07. The van der Waals surface area contributed by atoms with E-state index in [1.807, 2.05) is 13.8 Å². The van der Waals surface area contributed by atoms with Crippen molar-refractivity contribution in [3.8, 4) is 0 Å². The molecule has 1 aromatic carbocycles. The van der Waals surface area contributed by atoms with Gasteiger partial charge in [-0.3, -0.25) is 4.68 Å². The van der Waals surface area contributed by atoms with Crippen molar-refractivity contribution in [2.75, 3.05) is 0 Å². The summed E-state index contributed by atoms with van der Waals surface area (Å²) in [5, 5.41) is 14.3. The zero-order valence-corrected chi connectivity index (χ0v) is 8.74. The van der Waals surface area contributed by atoms with Crippen molar-refractivity contribution in [1.82, 2.24) is 9.78 Å². The van der Waals surface area contributed by atoms with Crippen LogP contribution in [0.15, 0.2) is 18.2 Å². The molecule has 80 valence electrons. The standard InChI is InChI=1S/C11H13FN2O/c1-7(2)14-11(6-15)9-5-8(12)3-4-10(9)13-14/h3-5,7,15H,6H2,1-2H3. The van der Waals surface area contributed by atoms with Crippen LogP contribution < -0.4 is 0 Å². The van der Waals surface area contributed by atoms with E-state index in [9.17, 15) is 9.50 Å². The van der Waals surface area contributed by atoms with E-state index in [-0.39, 0.29) is 18.5 Å². The predicted molar refractivity (Wildman–Crippen MR) is 56.0 cm³/mol. The molecule has 0 spiro atoms. The molecule has 1 heterocycles. The van der Waals surface area contributed by atoms with E-state index in [1.54, 1.807) is 10.7 Å². The first-order chi connectivity index (χ1) is 7.13. The zero-order chi connectivity index (χ0) is 11.0. The van der Waals surface area contributed by atoms with Gasteiger partial charge in [0, 0.05) is 11.4 Å². The molecule has 0 aliphatic carbocycles. The van der Waals surface area contributed by atoms with E-state index in [2.05, 4.69) is 5.10 Å². The van der Waals surface area contributed by atoms with Crippen molar-refractivity contribution in [1.29, 1.82) is 0 Å². The summed E-state index contributed by atoms with van der Waals surface area (Å²) in [4.78, 5) is 0. The molecule has 0 fully saturated rings. The first kappa shape index (κ1) is 10.1. The lowest BCUT2D eigenvalue weighted by molar-refractivity contribution is 0.266. The molecular weight excluding hydrogens is 195 g/mol. The monoisotopic (exact) mass is 208 g/mol. The summed E-state index contributed by atoms with van der Waals surface area (Å²) in [6.07, 6.45) is 0. The van der Waals surface area contributed by atoms with Crippen molar-refractivity contribution in [3.63, 3.8) is 0 Å². The fourth-order valence-corrected chi connectivity index (χ4v) is 1.71. The minimum absolute atomic E-state index is 0.127. The summed E-state index contributed by atoms with van der Waals surface area (Å²) < 4.78 is 14.8. The predicted octanol–water partition coefficient (Wildman–Crippen LogP) is 2.25. The fourth-order valence-electron chi connectivity index (χ4n) is 1.71. The third kappa shape index (κ3) is 1.61. The smallest absolute Gasteiger partial charge is 0.124 e. The molecule has 1 N–H and O–H groups in total. The van der Waals surface area contributed by atoms with E-state index in [0.717, 1.165) is 0 Å². The minimum atomic E-state index is -0.305. The van der Waals surface area contributed by atoms with Crippen LogP contribution >= 0.6 is 0 Å². The Kier molecular flexibility index (Phi) is 2.44. The lowest BCUT2D eigenvalue weighted by Gasteiger charge is -2.08. The third-order valence-corrected chi connectivity index (χ3v) is 2.40. The molecule has 15 heavy (non-hydrogen) atoms. The highest BCUT2D eigenvalue weighted by Crippen LogP contribution is 2.22. The Hall–Kier alpha value is -1.42. The summed E-state index contributed by atoms with van der Waals surface area (Å²) in [7, 11) is 0. The summed E-state index contributed by atoms with van der Waals surface area (Å²) in [5.74, 6) is -0.305. The van der Waals surface area contributed by atoms with Crippen LogP contribution in [0.3, 0.4) is 0 Å².